The van der Waals surface area contributed by atoms with Crippen LogP contribution >= 0.6 is 11.3 Å². The molecule has 0 amide bonds. The van der Waals surface area contributed by atoms with Crippen LogP contribution in [0.25, 0.3) is 44.2 Å². The van der Waals surface area contributed by atoms with Crippen LogP contribution in [0.3, 0.4) is 0 Å². The van der Waals surface area contributed by atoms with Crippen molar-refractivity contribution in [3.8, 4) is 22.3 Å². The van der Waals surface area contributed by atoms with E-state index in [4.69, 9.17) is 4.98 Å². The number of carboxylic acids is 1. The standard InChI is InChI=1S/C29H21N3O4S2/c1-32(38(35,36)25-8-5-15-37-25)21-13-14-24-22(16-21)27-26(19-6-3-2-4-7-19)23(17-30-28(27)31-24)18-9-11-20(12-10-18)29(33)34/h2-17H,1H3,(H,30,31)(H,33,34). The van der Waals surface area contributed by atoms with Crippen LogP contribution in [0.4, 0.5) is 5.69 Å². The summed E-state index contributed by atoms with van der Waals surface area (Å²) in [5.41, 5.74) is 5.78. The largest absolute Gasteiger partial charge is 0.478 e. The van der Waals surface area contributed by atoms with Gasteiger partial charge in [0.2, 0.25) is 0 Å². The Kier molecular flexibility index (Phi) is 5.74. The number of rotatable bonds is 6. The smallest absolute Gasteiger partial charge is 0.335 e. The van der Waals surface area contributed by atoms with Gasteiger partial charge in [-0.15, -0.1) is 11.3 Å². The molecule has 7 nitrogen and oxygen atoms in total. The third-order valence-electron chi connectivity index (χ3n) is 6.58. The van der Waals surface area contributed by atoms with Crippen LogP contribution in [-0.4, -0.2) is 36.5 Å². The molecule has 0 radical (unpaired) electrons. The van der Waals surface area contributed by atoms with Crippen LogP contribution in [0.2, 0.25) is 0 Å². The Morgan fingerprint density at radius 3 is 2.39 bits per heavy atom. The van der Waals surface area contributed by atoms with E-state index in [0.29, 0.717) is 11.3 Å². The van der Waals surface area contributed by atoms with Gasteiger partial charge in [0.05, 0.1) is 11.3 Å². The molecule has 188 valence electrons. The molecule has 3 aromatic heterocycles. The van der Waals surface area contributed by atoms with Crippen molar-refractivity contribution in [1.29, 1.82) is 0 Å². The van der Waals surface area contributed by atoms with Gasteiger partial charge in [-0.25, -0.2) is 18.2 Å². The molecular formula is C29H21N3O4S2. The van der Waals surface area contributed by atoms with Crippen LogP contribution in [0.15, 0.2) is 101 Å². The monoisotopic (exact) mass is 539 g/mol. The first-order chi connectivity index (χ1) is 18.3. The Labute approximate surface area is 222 Å². The molecule has 0 aliphatic carbocycles. The number of carbonyl (C=O) groups is 1. The highest BCUT2D eigenvalue weighted by Crippen LogP contribution is 2.41. The molecule has 3 aromatic carbocycles. The second-order valence-corrected chi connectivity index (χ2v) is 11.9. The fraction of sp³-hybridized carbons (Fsp3) is 0.0345. The first kappa shape index (κ1) is 23.9. The molecule has 0 saturated heterocycles. The summed E-state index contributed by atoms with van der Waals surface area (Å²) in [7, 11) is -2.15. The summed E-state index contributed by atoms with van der Waals surface area (Å²) < 4.78 is 28.0. The van der Waals surface area contributed by atoms with E-state index in [2.05, 4.69) is 4.98 Å². The van der Waals surface area contributed by atoms with Crippen molar-refractivity contribution in [2.24, 2.45) is 0 Å². The van der Waals surface area contributed by atoms with E-state index in [1.807, 2.05) is 42.5 Å². The number of carboxylic acid groups (broad SMARTS) is 1. The zero-order chi connectivity index (χ0) is 26.4. The van der Waals surface area contributed by atoms with E-state index in [-0.39, 0.29) is 9.77 Å². The summed E-state index contributed by atoms with van der Waals surface area (Å²) in [5, 5.41) is 12.8. The summed E-state index contributed by atoms with van der Waals surface area (Å²) in [4.78, 5) is 19.5. The van der Waals surface area contributed by atoms with Gasteiger partial charge in [-0.05, 0) is 52.9 Å². The van der Waals surface area contributed by atoms with Crippen molar-refractivity contribution < 1.29 is 18.3 Å². The average Bonchev–Trinajstić information content (AvgIpc) is 3.61. The van der Waals surface area contributed by atoms with E-state index in [1.165, 1.54) is 15.6 Å². The fourth-order valence-electron chi connectivity index (χ4n) is 4.64. The summed E-state index contributed by atoms with van der Waals surface area (Å²) in [5.74, 6) is -0.987. The summed E-state index contributed by atoms with van der Waals surface area (Å²) in [6.07, 6.45) is 1.78. The Balaban J connectivity index is 1.61. The number of aromatic nitrogens is 2. The summed E-state index contributed by atoms with van der Waals surface area (Å²) in [6, 6.07) is 25.4. The van der Waals surface area contributed by atoms with Gasteiger partial charge >= 0.3 is 5.97 Å². The molecular weight excluding hydrogens is 518 g/mol. The number of anilines is 1. The molecule has 0 aliphatic rings. The molecule has 9 heteroatoms. The Morgan fingerprint density at radius 2 is 1.71 bits per heavy atom. The second kappa shape index (κ2) is 9.13. The second-order valence-electron chi connectivity index (χ2n) is 8.78. The highest BCUT2D eigenvalue weighted by atomic mass is 32.2. The van der Waals surface area contributed by atoms with Gasteiger partial charge in [-0.2, -0.15) is 0 Å². The van der Waals surface area contributed by atoms with Gasteiger partial charge in [-0.1, -0.05) is 48.5 Å². The molecule has 0 fully saturated rings. The number of sulfonamides is 1. The number of hydrogen-bond donors (Lipinski definition) is 2. The maximum atomic E-state index is 13.2. The summed E-state index contributed by atoms with van der Waals surface area (Å²) >= 11 is 1.18. The molecule has 6 aromatic rings. The molecule has 0 saturated carbocycles. The molecule has 0 spiro atoms. The number of aromatic carboxylic acids is 1. The number of fused-ring (bicyclic) bond motifs is 3. The van der Waals surface area contributed by atoms with Crippen LogP contribution < -0.4 is 4.31 Å². The van der Waals surface area contributed by atoms with Gasteiger partial charge in [0.25, 0.3) is 10.0 Å². The highest BCUT2D eigenvalue weighted by Gasteiger charge is 2.24. The Bertz CT molecular complexity index is 1910. The van der Waals surface area contributed by atoms with Gasteiger partial charge in [0.1, 0.15) is 9.86 Å². The maximum absolute atomic E-state index is 13.2. The Morgan fingerprint density at radius 1 is 0.947 bits per heavy atom. The zero-order valence-electron chi connectivity index (χ0n) is 20.1. The molecule has 0 bridgehead atoms. The lowest BCUT2D eigenvalue weighted by atomic mass is 9.92. The minimum Gasteiger partial charge on any atom is -0.478 e. The fourth-order valence-corrected chi connectivity index (χ4v) is 6.99. The SMILES string of the molecule is CN(c1ccc2[nH]c3ncc(-c4ccc(C(=O)O)cc4)c(-c4ccccc4)c3c2c1)S(=O)(=O)c1cccs1. The number of nitrogens with one attached hydrogen (secondary N) is 1. The van der Waals surface area contributed by atoms with Crippen LogP contribution in [-0.2, 0) is 10.0 Å². The molecule has 0 aliphatic heterocycles. The van der Waals surface area contributed by atoms with Crippen molar-refractivity contribution in [2.45, 2.75) is 4.21 Å². The van der Waals surface area contributed by atoms with Crippen molar-refractivity contribution in [3.05, 3.63) is 102 Å². The number of aromatic amines is 1. The molecule has 2 N–H and O–H groups in total. The van der Waals surface area contributed by atoms with E-state index < -0.39 is 16.0 Å². The first-order valence-corrected chi connectivity index (χ1v) is 14.0. The summed E-state index contributed by atoms with van der Waals surface area (Å²) in [6.45, 7) is 0. The van der Waals surface area contributed by atoms with Crippen LogP contribution in [0.1, 0.15) is 10.4 Å². The van der Waals surface area contributed by atoms with Gasteiger partial charge in [0.15, 0.2) is 0 Å². The molecule has 38 heavy (non-hydrogen) atoms. The number of nitrogens with zero attached hydrogens (tertiary/aromatic N) is 2. The minimum absolute atomic E-state index is 0.204. The molecule has 0 unspecified atom stereocenters. The number of H-pyrrole nitrogens is 1. The van der Waals surface area contributed by atoms with Crippen LogP contribution in [0.5, 0.6) is 0 Å². The number of thiophene rings is 1. The van der Waals surface area contributed by atoms with Crippen molar-refractivity contribution in [2.75, 3.05) is 11.4 Å². The van der Waals surface area contributed by atoms with Gasteiger partial charge in [-0.3, -0.25) is 4.31 Å². The lowest BCUT2D eigenvalue weighted by molar-refractivity contribution is 0.0697. The average molecular weight is 540 g/mol. The minimum atomic E-state index is -3.70. The lowest BCUT2D eigenvalue weighted by Gasteiger charge is -2.18. The van der Waals surface area contributed by atoms with Gasteiger partial charge in [0, 0.05) is 40.7 Å². The predicted molar refractivity (Wildman–Crippen MR) is 151 cm³/mol. The lowest BCUT2D eigenvalue weighted by Crippen LogP contribution is -2.25. The highest BCUT2D eigenvalue weighted by molar-refractivity contribution is 7.94. The number of pyridine rings is 1. The molecule has 0 atom stereocenters. The number of benzene rings is 3. The van der Waals surface area contributed by atoms with Gasteiger partial charge < -0.3 is 10.1 Å². The third-order valence-corrected chi connectivity index (χ3v) is 9.74. The molecule has 3 heterocycles. The van der Waals surface area contributed by atoms with Crippen LogP contribution in [0, 0.1) is 0 Å². The van der Waals surface area contributed by atoms with Crippen molar-refractivity contribution >= 4 is 55.0 Å². The van der Waals surface area contributed by atoms with E-state index in [9.17, 15) is 18.3 Å². The first-order valence-electron chi connectivity index (χ1n) is 11.7. The Hall–Kier alpha value is -4.47. The number of hydrogen-bond acceptors (Lipinski definition) is 5. The normalized spacial score (nSPS) is 11.7. The van der Waals surface area contributed by atoms with Crippen molar-refractivity contribution in [3.63, 3.8) is 0 Å². The quantitative estimate of drug-likeness (QED) is 0.247. The van der Waals surface area contributed by atoms with E-state index >= 15 is 0 Å². The topological polar surface area (TPSA) is 103 Å². The van der Waals surface area contributed by atoms with E-state index in [1.54, 1.807) is 61.1 Å². The molecule has 6 rings (SSSR count). The van der Waals surface area contributed by atoms with Crippen molar-refractivity contribution in [1.82, 2.24) is 9.97 Å². The zero-order valence-corrected chi connectivity index (χ0v) is 21.8. The third kappa shape index (κ3) is 3.93. The predicted octanol–water partition coefficient (Wildman–Crippen LogP) is 6.63. The maximum Gasteiger partial charge on any atom is 0.335 e. The van der Waals surface area contributed by atoms with E-state index in [0.717, 1.165) is 38.5 Å².